The Morgan fingerprint density at radius 3 is 3.00 bits per heavy atom. The number of aliphatic hydroxyl groups is 1. The topological polar surface area (TPSA) is 85.0 Å². The number of hydrogen-bond donors (Lipinski definition) is 2. The van der Waals surface area contributed by atoms with Crippen LogP contribution in [-0.4, -0.2) is 42.5 Å². The number of carbonyl (C=O) groups is 1. The van der Waals surface area contributed by atoms with Crippen LogP contribution >= 0.6 is 0 Å². The maximum absolute atomic E-state index is 12.4. The third-order valence-electron chi connectivity index (χ3n) is 5.11. The Hall–Kier alpha value is -2.15. The quantitative estimate of drug-likeness (QED) is 0.867. The molecule has 2 aromatic heterocycles. The highest BCUT2D eigenvalue weighted by Crippen LogP contribution is 2.32. The summed E-state index contributed by atoms with van der Waals surface area (Å²) in [6.45, 7) is 2.25. The van der Waals surface area contributed by atoms with Gasteiger partial charge in [0.1, 0.15) is 6.54 Å². The highest BCUT2D eigenvalue weighted by molar-refractivity contribution is 5.76. The molecule has 2 aromatic rings. The van der Waals surface area contributed by atoms with E-state index in [4.69, 9.17) is 0 Å². The molecular weight excluding hydrogens is 306 g/mol. The summed E-state index contributed by atoms with van der Waals surface area (Å²) >= 11 is 0. The molecule has 128 valence electrons. The first-order valence-electron chi connectivity index (χ1n) is 8.63. The maximum Gasteiger partial charge on any atom is 0.240 e. The standard InChI is InChI=1S/C17H23N5O2/c1-11-7-19-22(8-11)17-13(6-15(17)23)20-16(24)9-21-10-18-12-4-2-3-5-14(12)21/h7-8,10,13,15,17,23H,2-6,9H2,1H3,(H,20,24)/t13-,15+,17+/m1/s1. The van der Waals surface area contributed by atoms with Crippen molar-refractivity contribution in [2.45, 2.75) is 63.8 Å². The minimum Gasteiger partial charge on any atom is -0.391 e. The van der Waals surface area contributed by atoms with E-state index in [1.165, 1.54) is 12.1 Å². The van der Waals surface area contributed by atoms with Crippen LogP contribution in [0.4, 0.5) is 0 Å². The molecule has 0 aromatic carbocycles. The van der Waals surface area contributed by atoms with Crippen molar-refractivity contribution in [1.82, 2.24) is 24.6 Å². The van der Waals surface area contributed by atoms with Crippen molar-refractivity contribution in [1.29, 1.82) is 0 Å². The zero-order valence-electron chi connectivity index (χ0n) is 13.9. The van der Waals surface area contributed by atoms with Gasteiger partial charge in [-0.25, -0.2) is 4.98 Å². The zero-order chi connectivity index (χ0) is 16.7. The smallest absolute Gasteiger partial charge is 0.240 e. The number of nitrogens with one attached hydrogen (secondary N) is 1. The summed E-state index contributed by atoms with van der Waals surface area (Å²) in [6, 6.07) is -0.259. The van der Waals surface area contributed by atoms with E-state index < -0.39 is 6.10 Å². The van der Waals surface area contributed by atoms with Crippen LogP contribution in [0.1, 0.15) is 42.3 Å². The number of aryl methyl sites for hydroxylation is 2. The summed E-state index contributed by atoms with van der Waals surface area (Å²) < 4.78 is 3.72. The number of imidazole rings is 1. The monoisotopic (exact) mass is 329 g/mol. The number of hydrogen-bond acceptors (Lipinski definition) is 4. The van der Waals surface area contributed by atoms with Crippen molar-refractivity contribution >= 4 is 5.91 Å². The first-order valence-corrected chi connectivity index (χ1v) is 8.63. The van der Waals surface area contributed by atoms with Gasteiger partial charge in [-0.2, -0.15) is 5.10 Å². The van der Waals surface area contributed by atoms with E-state index >= 15 is 0 Å². The lowest BCUT2D eigenvalue weighted by Crippen LogP contribution is -2.56. The lowest BCUT2D eigenvalue weighted by molar-refractivity contribution is -0.125. The molecule has 7 nitrogen and oxygen atoms in total. The fraction of sp³-hybridized carbons (Fsp3) is 0.588. The Bertz CT molecular complexity index is 750. The highest BCUT2D eigenvalue weighted by Gasteiger charge is 2.42. The molecule has 3 atom stereocenters. The Morgan fingerprint density at radius 2 is 2.25 bits per heavy atom. The van der Waals surface area contributed by atoms with Crippen LogP contribution in [0.3, 0.4) is 0 Å². The summed E-state index contributed by atoms with van der Waals surface area (Å²) in [7, 11) is 0. The third-order valence-corrected chi connectivity index (χ3v) is 5.11. The van der Waals surface area contributed by atoms with Crippen LogP contribution in [0.25, 0.3) is 0 Å². The van der Waals surface area contributed by atoms with Gasteiger partial charge in [0.05, 0.1) is 36.4 Å². The molecule has 1 saturated carbocycles. The van der Waals surface area contributed by atoms with Gasteiger partial charge in [0, 0.05) is 11.9 Å². The van der Waals surface area contributed by atoms with Crippen molar-refractivity contribution in [3.8, 4) is 0 Å². The summed E-state index contributed by atoms with van der Waals surface area (Å²) in [5, 5.41) is 17.4. The lowest BCUT2D eigenvalue weighted by Gasteiger charge is -2.41. The van der Waals surface area contributed by atoms with Crippen molar-refractivity contribution in [2.75, 3.05) is 0 Å². The van der Waals surface area contributed by atoms with E-state index in [0.29, 0.717) is 13.0 Å². The first-order chi connectivity index (χ1) is 11.6. The molecule has 24 heavy (non-hydrogen) atoms. The molecule has 0 aliphatic heterocycles. The summed E-state index contributed by atoms with van der Waals surface area (Å²) in [6.07, 6.45) is 9.91. The van der Waals surface area contributed by atoms with Crippen molar-refractivity contribution in [2.24, 2.45) is 0 Å². The van der Waals surface area contributed by atoms with Gasteiger partial charge in [0.2, 0.25) is 5.91 Å². The Kier molecular flexibility index (Phi) is 3.88. The van der Waals surface area contributed by atoms with Gasteiger partial charge >= 0.3 is 0 Å². The molecule has 2 N–H and O–H groups in total. The second kappa shape index (κ2) is 6.05. The summed E-state index contributed by atoms with van der Waals surface area (Å²) in [5.41, 5.74) is 3.38. The molecule has 0 radical (unpaired) electrons. The molecular formula is C17H23N5O2. The largest absolute Gasteiger partial charge is 0.391 e. The fourth-order valence-corrected chi connectivity index (χ4v) is 3.79. The van der Waals surface area contributed by atoms with Crippen molar-refractivity contribution in [3.63, 3.8) is 0 Å². The van der Waals surface area contributed by atoms with Crippen LogP contribution in [0.5, 0.6) is 0 Å². The molecule has 0 unspecified atom stereocenters. The van der Waals surface area contributed by atoms with Crippen molar-refractivity contribution < 1.29 is 9.90 Å². The van der Waals surface area contributed by atoms with Crippen molar-refractivity contribution in [3.05, 3.63) is 35.7 Å². The van der Waals surface area contributed by atoms with Gasteiger partial charge in [-0.05, 0) is 44.6 Å². The number of fused-ring (bicyclic) bond motifs is 1. The van der Waals surface area contributed by atoms with Crippen LogP contribution in [-0.2, 0) is 24.2 Å². The summed E-state index contributed by atoms with van der Waals surface area (Å²) in [4.78, 5) is 16.8. The molecule has 2 aliphatic rings. The van der Waals surface area contributed by atoms with E-state index in [1.807, 2.05) is 17.7 Å². The Balaban J connectivity index is 1.40. The second-order valence-corrected chi connectivity index (χ2v) is 6.94. The molecule has 4 rings (SSSR count). The third kappa shape index (κ3) is 2.73. The molecule has 0 saturated heterocycles. The van der Waals surface area contributed by atoms with Gasteiger partial charge in [-0.1, -0.05) is 0 Å². The van der Waals surface area contributed by atoms with Crippen LogP contribution in [0, 0.1) is 6.92 Å². The SMILES string of the molecule is Cc1cnn([C@@H]2[C@@H](O)C[C@H]2NC(=O)Cn2cnc3c2CCCC3)c1. The minimum absolute atomic E-state index is 0.0356. The summed E-state index contributed by atoms with van der Waals surface area (Å²) in [5.74, 6) is -0.0356. The van der Waals surface area contributed by atoms with Gasteiger partial charge in [-0.15, -0.1) is 0 Å². The van der Waals surface area contributed by atoms with E-state index in [0.717, 1.165) is 30.5 Å². The van der Waals surface area contributed by atoms with E-state index in [9.17, 15) is 9.90 Å². The second-order valence-electron chi connectivity index (χ2n) is 6.94. The zero-order valence-corrected chi connectivity index (χ0v) is 13.9. The molecule has 1 fully saturated rings. The number of amides is 1. The van der Waals surface area contributed by atoms with Gasteiger partial charge in [0.15, 0.2) is 0 Å². The molecule has 7 heteroatoms. The molecule has 2 aliphatic carbocycles. The van der Waals surface area contributed by atoms with Gasteiger partial charge < -0.3 is 15.0 Å². The molecule has 0 bridgehead atoms. The predicted molar refractivity (Wildman–Crippen MR) is 87.4 cm³/mol. The minimum atomic E-state index is -0.462. The van der Waals surface area contributed by atoms with Crippen LogP contribution < -0.4 is 5.32 Å². The number of nitrogens with zero attached hydrogens (tertiary/aromatic N) is 4. The van der Waals surface area contributed by atoms with Crippen LogP contribution in [0.15, 0.2) is 18.7 Å². The predicted octanol–water partition coefficient (Wildman–Crippen LogP) is 0.758. The number of aliphatic hydroxyl groups excluding tert-OH is 1. The van der Waals surface area contributed by atoms with Crippen LogP contribution in [0.2, 0.25) is 0 Å². The molecule has 1 amide bonds. The van der Waals surface area contributed by atoms with E-state index in [-0.39, 0.29) is 18.0 Å². The first kappa shape index (κ1) is 15.4. The lowest BCUT2D eigenvalue weighted by atomic mass is 9.83. The number of aromatic nitrogens is 4. The maximum atomic E-state index is 12.4. The number of carbonyl (C=O) groups excluding carboxylic acids is 1. The highest BCUT2D eigenvalue weighted by atomic mass is 16.3. The normalized spacial score (nSPS) is 25.8. The van der Waals surface area contributed by atoms with E-state index in [2.05, 4.69) is 15.4 Å². The van der Waals surface area contributed by atoms with Gasteiger partial charge in [-0.3, -0.25) is 9.48 Å². The molecule has 0 spiro atoms. The molecule has 2 heterocycles. The van der Waals surface area contributed by atoms with E-state index in [1.54, 1.807) is 17.2 Å². The number of rotatable bonds is 4. The average Bonchev–Trinajstić information content (AvgIpc) is 3.14. The Morgan fingerprint density at radius 1 is 1.42 bits per heavy atom. The van der Waals surface area contributed by atoms with Gasteiger partial charge in [0.25, 0.3) is 0 Å². The Labute approximate surface area is 140 Å². The average molecular weight is 329 g/mol. The fourth-order valence-electron chi connectivity index (χ4n) is 3.79.